The number of benzene rings is 1. The Morgan fingerprint density at radius 3 is 2.47 bits per heavy atom. The van der Waals surface area contributed by atoms with Gasteiger partial charge in [0.05, 0.1) is 12.7 Å². The zero-order valence-electron chi connectivity index (χ0n) is 29.2. The van der Waals surface area contributed by atoms with Crippen molar-refractivity contribution in [2.45, 2.75) is 116 Å². The molecule has 2 N–H and O–H groups in total. The largest absolute Gasteiger partial charge is 0.483 e. The minimum absolute atomic E-state index is 0.175. The number of amides is 1. The zero-order valence-corrected chi connectivity index (χ0v) is 29.2. The molecule has 0 radical (unpaired) electrons. The number of ether oxygens (including phenoxy) is 3. The number of aryl methyl sites for hydroxylation is 2. The number of hydrogen-bond acceptors (Lipinski definition) is 7. The van der Waals surface area contributed by atoms with Gasteiger partial charge in [0.1, 0.15) is 22.9 Å². The van der Waals surface area contributed by atoms with Crippen LogP contribution in [0.1, 0.15) is 96.4 Å². The molecule has 1 fully saturated rings. The number of fused-ring (bicyclic) bond motifs is 1. The first-order chi connectivity index (χ1) is 23.2. The molecule has 1 aromatic carbocycles. The van der Waals surface area contributed by atoms with Crippen LogP contribution in [0.4, 0.5) is 19.4 Å². The zero-order chi connectivity index (χ0) is 35.8. The van der Waals surface area contributed by atoms with Crippen LogP contribution in [0.3, 0.4) is 0 Å². The molecule has 2 unspecified atom stereocenters. The van der Waals surface area contributed by atoms with Crippen molar-refractivity contribution >= 4 is 11.9 Å². The van der Waals surface area contributed by atoms with E-state index in [4.69, 9.17) is 14.2 Å². The highest BCUT2D eigenvalue weighted by molar-refractivity contribution is 5.85. The van der Waals surface area contributed by atoms with Crippen molar-refractivity contribution in [2.24, 2.45) is 0 Å². The SMILES string of the molecule is C=C[C@@]1(CC/C=C(\C)CC/C=C(\C)CCC=C(C)C)CCc2cc(OC(=O)Nc3ccn(C4OC(CO)CC4(F)F)c(=O)n3)cc(C)c2O1. The van der Waals surface area contributed by atoms with Crippen LogP contribution in [-0.2, 0) is 11.2 Å². The normalized spacial score (nSPS) is 21.8. The molecule has 0 spiro atoms. The van der Waals surface area contributed by atoms with E-state index in [0.29, 0.717) is 11.0 Å². The molecule has 0 bridgehead atoms. The van der Waals surface area contributed by atoms with E-state index >= 15 is 0 Å². The van der Waals surface area contributed by atoms with E-state index in [2.05, 4.69) is 62.8 Å². The van der Waals surface area contributed by atoms with Crippen LogP contribution >= 0.6 is 0 Å². The van der Waals surface area contributed by atoms with Crippen LogP contribution in [-0.4, -0.2) is 45.0 Å². The molecular formula is C38H49F2N3O6. The predicted molar refractivity (Wildman–Crippen MR) is 186 cm³/mol. The Kier molecular flexibility index (Phi) is 12.7. The second-order valence-corrected chi connectivity index (χ2v) is 13.4. The maximum atomic E-state index is 14.3. The lowest BCUT2D eigenvalue weighted by atomic mass is 9.86. The number of anilines is 1. The number of nitrogens with zero attached hydrogens (tertiary/aromatic N) is 2. The van der Waals surface area contributed by atoms with Gasteiger partial charge in [0.15, 0.2) is 0 Å². The van der Waals surface area contributed by atoms with Gasteiger partial charge in [-0.05, 0) is 121 Å². The van der Waals surface area contributed by atoms with Gasteiger partial charge >= 0.3 is 11.8 Å². The second kappa shape index (κ2) is 16.5. The van der Waals surface area contributed by atoms with E-state index in [-0.39, 0.29) is 11.6 Å². The lowest BCUT2D eigenvalue weighted by Gasteiger charge is -2.37. The summed E-state index contributed by atoms with van der Waals surface area (Å²) >= 11 is 0. The molecule has 2 aliphatic rings. The number of rotatable bonds is 14. The summed E-state index contributed by atoms with van der Waals surface area (Å²) in [6, 6.07) is 4.63. The molecule has 1 saturated heterocycles. The van der Waals surface area contributed by atoms with Gasteiger partial charge in [-0.1, -0.05) is 41.5 Å². The van der Waals surface area contributed by atoms with E-state index in [0.717, 1.165) is 68.0 Å². The third kappa shape index (κ3) is 10.2. The highest BCUT2D eigenvalue weighted by Gasteiger charge is 2.51. The van der Waals surface area contributed by atoms with Crippen LogP contribution in [0.25, 0.3) is 0 Å². The summed E-state index contributed by atoms with van der Waals surface area (Å²) in [5.74, 6) is -2.52. The van der Waals surface area contributed by atoms with E-state index in [9.17, 15) is 23.5 Å². The number of alkyl halides is 2. The molecule has 11 heteroatoms. The third-order valence-electron chi connectivity index (χ3n) is 8.91. The van der Waals surface area contributed by atoms with Crippen molar-refractivity contribution in [2.75, 3.05) is 11.9 Å². The highest BCUT2D eigenvalue weighted by Crippen LogP contribution is 2.42. The maximum absolute atomic E-state index is 14.3. The Hall–Kier alpha value is -4.09. The van der Waals surface area contributed by atoms with Crippen molar-refractivity contribution in [3.05, 3.63) is 93.6 Å². The highest BCUT2D eigenvalue weighted by atomic mass is 19.3. The fourth-order valence-electron chi connectivity index (χ4n) is 6.13. The molecule has 3 heterocycles. The van der Waals surface area contributed by atoms with Gasteiger partial charge in [0, 0.05) is 12.6 Å². The van der Waals surface area contributed by atoms with Gasteiger partial charge in [-0.3, -0.25) is 9.88 Å². The summed E-state index contributed by atoms with van der Waals surface area (Å²) in [4.78, 5) is 28.9. The predicted octanol–water partition coefficient (Wildman–Crippen LogP) is 8.53. The average Bonchev–Trinajstić information content (AvgIpc) is 3.35. The second-order valence-electron chi connectivity index (χ2n) is 13.4. The van der Waals surface area contributed by atoms with E-state index < -0.39 is 48.7 Å². The molecule has 1 aromatic heterocycles. The molecule has 4 rings (SSSR count). The molecular weight excluding hydrogens is 632 g/mol. The van der Waals surface area contributed by atoms with Crippen molar-refractivity contribution < 1.29 is 32.9 Å². The number of hydrogen-bond donors (Lipinski definition) is 2. The Morgan fingerprint density at radius 1 is 1.14 bits per heavy atom. The number of aromatic nitrogens is 2. The fraction of sp³-hybridized carbons (Fsp3) is 0.500. The van der Waals surface area contributed by atoms with Crippen LogP contribution < -0.4 is 20.5 Å². The van der Waals surface area contributed by atoms with Gasteiger partial charge in [-0.25, -0.2) is 18.4 Å². The summed E-state index contributed by atoms with van der Waals surface area (Å²) in [7, 11) is 0. The minimum atomic E-state index is -3.37. The molecule has 0 aliphatic carbocycles. The van der Waals surface area contributed by atoms with E-state index in [1.807, 2.05) is 13.0 Å². The van der Waals surface area contributed by atoms with Crippen LogP contribution in [0.2, 0.25) is 0 Å². The molecule has 266 valence electrons. The summed E-state index contributed by atoms with van der Waals surface area (Å²) in [5.41, 5.74) is 4.29. The summed E-state index contributed by atoms with van der Waals surface area (Å²) in [6.07, 6.45) is 12.6. The Balaban J connectivity index is 1.31. The van der Waals surface area contributed by atoms with Gasteiger partial charge in [0.2, 0.25) is 6.23 Å². The quantitative estimate of drug-likeness (QED) is 0.192. The minimum Gasteiger partial charge on any atom is -0.483 e. The number of aliphatic hydroxyl groups is 1. The summed E-state index contributed by atoms with van der Waals surface area (Å²) in [6.45, 7) is 14.0. The molecule has 3 atom stereocenters. The lowest BCUT2D eigenvalue weighted by molar-refractivity contribution is -0.120. The van der Waals surface area contributed by atoms with Crippen LogP contribution in [0, 0.1) is 6.92 Å². The molecule has 49 heavy (non-hydrogen) atoms. The summed E-state index contributed by atoms with van der Waals surface area (Å²) in [5, 5.41) is 11.5. The number of carbonyl (C=O) groups is 1. The topological polar surface area (TPSA) is 112 Å². The standard InChI is InChI=1S/C38H49F2N3O6/c1-7-37(18-10-15-27(5)14-9-13-26(4)12-8-11-25(2)3)19-16-29-22-30(21-28(6)33(29)49-37)48-36(46)42-32-17-20-43(35(45)41-32)34-38(39,40)23-31(24-44)47-34/h7,11,13,15,17,20-22,31,34,44H,1,8-10,12,14,16,18-19,23-24H2,2-6H3,(H,41,42,45,46)/b26-13+,27-15+/t31?,34?,37-/m1/s1. The number of allylic oxidation sites excluding steroid dienone is 6. The average molecular weight is 682 g/mol. The Morgan fingerprint density at radius 2 is 1.84 bits per heavy atom. The molecule has 0 saturated carbocycles. The summed E-state index contributed by atoms with van der Waals surface area (Å²) < 4.78 is 46.5. The first-order valence-corrected chi connectivity index (χ1v) is 16.9. The first kappa shape index (κ1) is 37.7. The maximum Gasteiger partial charge on any atom is 0.418 e. The molecule has 2 aliphatic heterocycles. The third-order valence-corrected chi connectivity index (χ3v) is 8.91. The number of aliphatic hydroxyl groups excluding tert-OH is 1. The smallest absolute Gasteiger partial charge is 0.418 e. The molecule has 1 amide bonds. The number of nitrogens with one attached hydrogen (secondary N) is 1. The van der Waals surface area contributed by atoms with Gasteiger partial charge in [0.25, 0.3) is 5.92 Å². The van der Waals surface area contributed by atoms with Crippen molar-refractivity contribution in [1.82, 2.24) is 9.55 Å². The Labute approximate surface area is 287 Å². The monoisotopic (exact) mass is 681 g/mol. The number of carbonyl (C=O) groups excluding carboxylic acids is 1. The first-order valence-electron chi connectivity index (χ1n) is 16.9. The molecule has 9 nitrogen and oxygen atoms in total. The van der Waals surface area contributed by atoms with Gasteiger partial charge in [-0.2, -0.15) is 4.98 Å². The van der Waals surface area contributed by atoms with E-state index in [1.54, 1.807) is 12.1 Å². The Bertz CT molecular complexity index is 1660. The lowest BCUT2D eigenvalue weighted by Crippen LogP contribution is -2.37. The van der Waals surface area contributed by atoms with Crippen LogP contribution in [0.5, 0.6) is 11.5 Å². The van der Waals surface area contributed by atoms with Crippen LogP contribution in [0.15, 0.2) is 76.8 Å². The molecule has 2 aromatic rings. The van der Waals surface area contributed by atoms with Crippen molar-refractivity contribution in [3.8, 4) is 11.5 Å². The van der Waals surface area contributed by atoms with Gasteiger partial charge < -0.3 is 19.3 Å². The van der Waals surface area contributed by atoms with Gasteiger partial charge in [-0.15, -0.1) is 0 Å². The fourth-order valence-corrected chi connectivity index (χ4v) is 6.13. The van der Waals surface area contributed by atoms with E-state index in [1.165, 1.54) is 22.8 Å². The van der Waals surface area contributed by atoms with Crippen molar-refractivity contribution in [3.63, 3.8) is 0 Å². The van der Waals surface area contributed by atoms with Crippen molar-refractivity contribution in [1.29, 1.82) is 0 Å². The number of halogens is 2.